The molecule has 9 nitrogen and oxygen atoms in total. The van der Waals surface area contributed by atoms with Gasteiger partial charge in [-0.1, -0.05) is 31.9 Å². The van der Waals surface area contributed by atoms with Crippen LogP contribution in [-0.2, 0) is 4.79 Å². The normalized spacial score (nSPS) is 18.2. The molecule has 3 N–H and O–H groups in total. The summed E-state index contributed by atoms with van der Waals surface area (Å²) in [5.41, 5.74) is 10.4. The number of nitro benzene ring substituents is 1. The van der Waals surface area contributed by atoms with E-state index in [0.29, 0.717) is 12.0 Å². The van der Waals surface area contributed by atoms with Crippen molar-refractivity contribution in [1.29, 1.82) is 0 Å². The van der Waals surface area contributed by atoms with E-state index < -0.39 is 11.0 Å². The second-order valence-corrected chi connectivity index (χ2v) is 7.34. The molecule has 2 atom stereocenters. The topological polar surface area (TPSA) is 118 Å². The summed E-state index contributed by atoms with van der Waals surface area (Å²) in [7, 11) is 0. The van der Waals surface area contributed by atoms with E-state index in [1.165, 1.54) is 24.8 Å². The molecule has 0 aromatic heterocycles. The van der Waals surface area contributed by atoms with Crippen molar-refractivity contribution in [3.05, 3.63) is 69.8 Å². The lowest BCUT2D eigenvalue weighted by Gasteiger charge is -2.11. The number of hydrogen-bond acceptors (Lipinski definition) is 7. The monoisotopic (exact) mass is 425 g/mol. The van der Waals surface area contributed by atoms with E-state index in [1.807, 2.05) is 24.3 Å². The van der Waals surface area contributed by atoms with Gasteiger partial charge in [-0.2, -0.15) is 5.10 Å². The van der Waals surface area contributed by atoms with Gasteiger partial charge in [0, 0.05) is 18.2 Å². The Morgan fingerprint density at radius 1 is 1.19 bits per heavy atom. The number of hydrazine groups is 1. The molecule has 0 saturated carbocycles. The van der Waals surface area contributed by atoms with Crippen molar-refractivity contribution in [2.24, 2.45) is 5.10 Å². The summed E-state index contributed by atoms with van der Waals surface area (Å²) in [6.07, 6.45) is 5.41. The SMILES string of the molecule is CCCCCOc1ccc(C2CC(C(=O)N/N=C/c3ccc([N+](=O)[O-])cc3)NN2)cc1. The molecule has 2 aromatic carbocycles. The maximum atomic E-state index is 12.3. The van der Waals surface area contributed by atoms with Gasteiger partial charge >= 0.3 is 0 Å². The summed E-state index contributed by atoms with van der Waals surface area (Å²) in [5.74, 6) is 0.588. The molecular weight excluding hydrogens is 398 g/mol. The first-order chi connectivity index (χ1) is 15.1. The van der Waals surface area contributed by atoms with Crippen LogP contribution in [-0.4, -0.2) is 29.7 Å². The van der Waals surface area contributed by atoms with Crippen LogP contribution in [0.4, 0.5) is 5.69 Å². The van der Waals surface area contributed by atoms with Crippen molar-refractivity contribution in [2.75, 3.05) is 6.61 Å². The molecule has 0 aliphatic carbocycles. The third kappa shape index (κ3) is 6.59. The number of unbranched alkanes of at least 4 members (excludes halogenated alkanes) is 2. The molecule has 1 aliphatic rings. The molecule has 0 bridgehead atoms. The quantitative estimate of drug-likeness (QED) is 0.233. The third-order valence-corrected chi connectivity index (χ3v) is 5.01. The number of carbonyl (C=O) groups is 1. The summed E-state index contributed by atoms with van der Waals surface area (Å²) in [5, 5.41) is 14.6. The van der Waals surface area contributed by atoms with Gasteiger partial charge in [-0.3, -0.25) is 14.9 Å². The summed E-state index contributed by atoms with van der Waals surface area (Å²) >= 11 is 0. The fourth-order valence-corrected chi connectivity index (χ4v) is 3.22. The zero-order valence-corrected chi connectivity index (χ0v) is 17.4. The minimum Gasteiger partial charge on any atom is -0.494 e. The van der Waals surface area contributed by atoms with E-state index >= 15 is 0 Å². The smallest absolute Gasteiger partial charge is 0.269 e. The lowest BCUT2D eigenvalue weighted by molar-refractivity contribution is -0.384. The number of rotatable bonds is 10. The minimum atomic E-state index is -0.466. The van der Waals surface area contributed by atoms with Gasteiger partial charge in [0.1, 0.15) is 11.8 Å². The average Bonchev–Trinajstić information content (AvgIpc) is 3.28. The largest absolute Gasteiger partial charge is 0.494 e. The van der Waals surface area contributed by atoms with E-state index in [4.69, 9.17) is 4.74 Å². The fourth-order valence-electron chi connectivity index (χ4n) is 3.22. The predicted octanol–water partition coefficient (Wildman–Crippen LogP) is 3.22. The molecule has 1 amide bonds. The summed E-state index contributed by atoms with van der Waals surface area (Å²) in [6.45, 7) is 2.88. The Balaban J connectivity index is 1.45. The molecule has 0 radical (unpaired) electrons. The number of non-ortho nitro benzene ring substituents is 1. The molecule has 31 heavy (non-hydrogen) atoms. The van der Waals surface area contributed by atoms with Crippen molar-refractivity contribution in [3.63, 3.8) is 0 Å². The van der Waals surface area contributed by atoms with Gasteiger partial charge < -0.3 is 4.74 Å². The van der Waals surface area contributed by atoms with Crippen LogP contribution in [0.5, 0.6) is 5.75 Å². The lowest BCUT2D eigenvalue weighted by atomic mass is 10.0. The maximum Gasteiger partial charge on any atom is 0.269 e. The van der Waals surface area contributed by atoms with Crippen LogP contribution in [0, 0.1) is 10.1 Å². The number of benzene rings is 2. The Morgan fingerprint density at radius 2 is 1.94 bits per heavy atom. The highest BCUT2D eigenvalue weighted by Crippen LogP contribution is 2.24. The van der Waals surface area contributed by atoms with Crippen LogP contribution < -0.4 is 21.0 Å². The molecule has 1 fully saturated rings. The van der Waals surface area contributed by atoms with Crippen LogP contribution in [0.15, 0.2) is 53.6 Å². The first-order valence-corrected chi connectivity index (χ1v) is 10.4. The number of hydrogen-bond donors (Lipinski definition) is 3. The number of nitrogens with zero attached hydrogens (tertiary/aromatic N) is 2. The second kappa shape index (κ2) is 11.2. The van der Waals surface area contributed by atoms with Crippen molar-refractivity contribution in [3.8, 4) is 5.75 Å². The zero-order chi connectivity index (χ0) is 22.1. The van der Waals surface area contributed by atoms with Crippen LogP contribution in [0.2, 0.25) is 0 Å². The average molecular weight is 425 g/mol. The van der Waals surface area contributed by atoms with Gasteiger partial charge in [-0.05, 0) is 48.2 Å². The van der Waals surface area contributed by atoms with E-state index in [0.717, 1.165) is 30.8 Å². The van der Waals surface area contributed by atoms with Crippen LogP contribution in [0.1, 0.15) is 49.8 Å². The molecule has 1 saturated heterocycles. The number of nitrogens with one attached hydrogen (secondary N) is 3. The highest BCUT2D eigenvalue weighted by atomic mass is 16.6. The van der Waals surface area contributed by atoms with Gasteiger partial charge in [-0.15, -0.1) is 0 Å². The zero-order valence-electron chi connectivity index (χ0n) is 17.4. The molecule has 2 unspecified atom stereocenters. The number of ether oxygens (including phenoxy) is 1. The third-order valence-electron chi connectivity index (χ3n) is 5.01. The molecule has 3 rings (SSSR count). The van der Waals surface area contributed by atoms with Crippen molar-refractivity contribution in [1.82, 2.24) is 16.3 Å². The highest BCUT2D eigenvalue weighted by molar-refractivity contribution is 5.85. The Labute approximate surface area is 181 Å². The molecule has 1 aliphatic heterocycles. The second-order valence-electron chi connectivity index (χ2n) is 7.34. The minimum absolute atomic E-state index is 0.00328. The van der Waals surface area contributed by atoms with Gasteiger partial charge in [-0.25, -0.2) is 16.3 Å². The van der Waals surface area contributed by atoms with Gasteiger partial charge in [0.2, 0.25) is 0 Å². The maximum absolute atomic E-state index is 12.3. The number of hydrazone groups is 1. The van der Waals surface area contributed by atoms with Gasteiger partial charge in [0.15, 0.2) is 0 Å². The Hall–Kier alpha value is -3.30. The van der Waals surface area contributed by atoms with E-state index in [-0.39, 0.29) is 17.6 Å². The standard InChI is InChI=1S/C22H27N5O4/c1-2-3-4-13-31-19-11-7-17(8-12-19)20-14-21(25-24-20)22(28)26-23-15-16-5-9-18(10-6-16)27(29)30/h5-12,15,20-21,24-25H,2-4,13-14H2,1H3,(H,26,28)/b23-15+. The first kappa shape index (κ1) is 22.4. The molecule has 9 heteroatoms. The summed E-state index contributed by atoms with van der Waals surface area (Å²) in [4.78, 5) is 22.5. The molecular formula is C22H27N5O4. The van der Waals surface area contributed by atoms with Gasteiger partial charge in [0.05, 0.1) is 17.7 Å². The van der Waals surface area contributed by atoms with Gasteiger partial charge in [0.25, 0.3) is 11.6 Å². The van der Waals surface area contributed by atoms with E-state index in [9.17, 15) is 14.9 Å². The molecule has 164 valence electrons. The fraction of sp³-hybridized carbons (Fsp3) is 0.364. The van der Waals surface area contributed by atoms with Crippen LogP contribution >= 0.6 is 0 Å². The Bertz CT molecular complexity index is 899. The first-order valence-electron chi connectivity index (χ1n) is 10.4. The molecule has 2 aromatic rings. The number of nitro groups is 1. The highest BCUT2D eigenvalue weighted by Gasteiger charge is 2.30. The lowest BCUT2D eigenvalue weighted by Crippen LogP contribution is -2.41. The van der Waals surface area contributed by atoms with Crippen molar-refractivity contribution < 1.29 is 14.5 Å². The van der Waals surface area contributed by atoms with Crippen molar-refractivity contribution >= 4 is 17.8 Å². The van der Waals surface area contributed by atoms with E-state index in [2.05, 4.69) is 28.3 Å². The molecule has 1 heterocycles. The van der Waals surface area contributed by atoms with E-state index in [1.54, 1.807) is 12.1 Å². The van der Waals surface area contributed by atoms with Crippen molar-refractivity contribution in [2.45, 2.75) is 44.7 Å². The van der Waals surface area contributed by atoms with Crippen LogP contribution in [0.25, 0.3) is 0 Å². The number of carbonyl (C=O) groups excluding carboxylic acids is 1. The predicted molar refractivity (Wildman–Crippen MR) is 118 cm³/mol. The number of amides is 1. The molecule has 0 spiro atoms. The summed E-state index contributed by atoms with van der Waals surface area (Å²) in [6, 6.07) is 13.4. The summed E-state index contributed by atoms with van der Waals surface area (Å²) < 4.78 is 5.73. The Morgan fingerprint density at radius 3 is 2.61 bits per heavy atom. The Kier molecular flexibility index (Phi) is 8.08. The van der Waals surface area contributed by atoms with Crippen LogP contribution in [0.3, 0.4) is 0 Å².